The van der Waals surface area contributed by atoms with Gasteiger partial charge in [0.2, 0.25) is 0 Å². The first-order valence-electron chi connectivity index (χ1n) is 1.62. The summed E-state index contributed by atoms with van der Waals surface area (Å²) in [6, 6.07) is 0. The molecule has 0 bridgehead atoms. The summed E-state index contributed by atoms with van der Waals surface area (Å²) in [5.74, 6) is 0. The molecule has 0 rings (SSSR count). The number of hydrogen-bond acceptors (Lipinski definition) is 3. The molecular formula is C3H9NS2. The lowest BCUT2D eigenvalue weighted by atomic mass is 11.5. The molecule has 0 unspecified atom stereocenters. The first kappa shape index (κ1) is 6.66. The minimum absolute atomic E-state index is 0.269. The average molecular weight is 123 g/mol. The monoisotopic (exact) mass is 123 g/mol. The van der Waals surface area contributed by atoms with Gasteiger partial charge in [0.25, 0.3) is 0 Å². The van der Waals surface area contributed by atoms with Gasteiger partial charge in [-0.15, -0.1) is 23.5 Å². The molecule has 0 aliphatic rings. The van der Waals surface area contributed by atoms with E-state index in [1.165, 1.54) is 0 Å². The SMILES string of the molecule is CSC(N)SC. The summed E-state index contributed by atoms with van der Waals surface area (Å²) in [6.45, 7) is 0. The molecule has 2 N–H and O–H groups in total. The van der Waals surface area contributed by atoms with Gasteiger partial charge >= 0.3 is 0 Å². The third kappa shape index (κ3) is 2.87. The topological polar surface area (TPSA) is 26.0 Å². The highest BCUT2D eigenvalue weighted by Gasteiger charge is 1.89. The Morgan fingerprint density at radius 3 is 1.67 bits per heavy atom. The first-order chi connectivity index (χ1) is 2.81. The lowest BCUT2D eigenvalue weighted by molar-refractivity contribution is 1.32. The van der Waals surface area contributed by atoms with Crippen LogP contribution in [0.4, 0.5) is 0 Å². The average Bonchev–Trinajstić information content (AvgIpc) is 1.65. The largest absolute Gasteiger partial charge is 0.311 e. The Kier molecular flexibility index (Phi) is 4.26. The van der Waals surface area contributed by atoms with E-state index in [-0.39, 0.29) is 4.71 Å². The molecule has 0 aromatic rings. The molecule has 0 aromatic heterocycles. The van der Waals surface area contributed by atoms with Crippen LogP contribution in [0.2, 0.25) is 0 Å². The normalized spacial score (nSPS) is 10.0. The molecule has 1 nitrogen and oxygen atoms in total. The van der Waals surface area contributed by atoms with Crippen molar-refractivity contribution in [2.45, 2.75) is 4.71 Å². The van der Waals surface area contributed by atoms with Gasteiger partial charge < -0.3 is 5.73 Å². The minimum atomic E-state index is 0.269. The van der Waals surface area contributed by atoms with Crippen molar-refractivity contribution >= 4 is 23.5 Å². The van der Waals surface area contributed by atoms with Crippen molar-refractivity contribution in [3.05, 3.63) is 0 Å². The zero-order valence-corrected chi connectivity index (χ0v) is 5.60. The molecule has 0 fully saturated rings. The van der Waals surface area contributed by atoms with Crippen molar-refractivity contribution in [1.82, 2.24) is 0 Å². The Morgan fingerprint density at radius 2 is 1.67 bits per heavy atom. The van der Waals surface area contributed by atoms with Crippen LogP contribution in [0.25, 0.3) is 0 Å². The van der Waals surface area contributed by atoms with Crippen molar-refractivity contribution in [3.8, 4) is 0 Å². The highest BCUT2D eigenvalue weighted by molar-refractivity contribution is 8.16. The van der Waals surface area contributed by atoms with Gasteiger partial charge in [-0.05, 0) is 12.5 Å². The van der Waals surface area contributed by atoms with Crippen molar-refractivity contribution < 1.29 is 0 Å². The summed E-state index contributed by atoms with van der Waals surface area (Å²) in [7, 11) is 0. The lowest BCUT2D eigenvalue weighted by Crippen LogP contribution is -2.07. The van der Waals surface area contributed by atoms with Crippen molar-refractivity contribution in [2.24, 2.45) is 5.73 Å². The molecule has 38 valence electrons. The molecule has 0 atom stereocenters. The van der Waals surface area contributed by atoms with E-state index in [4.69, 9.17) is 5.73 Å². The van der Waals surface area contributed by atoms with Gasteiger partial charge in [0.15, 0.2) is 0 Å². The third-order valence-electron chi connectivity index (χ3n) is 0.465. The lowest BCUT2D eigenvalue weighted by Gasteiger charge is -1.99. The summed E-state index contributed by atoms with van der Waals surface area (Å²) >= 11 is 3.33. The molecule has 0 spiro atoms. The molecule has 0 aliphatic carbocycles. The van der Waals surface area contributed by atoms with Crippen LogP contribution < -0.4 is 5.73 Å². The number of nitrogens with two attached hydrogens (primary N) is 1. The molecule has 0 saturated heterocycles. The zero-order valence-electron chi connectivity index (χ0n) is 3.97. The molecule has 6 heavy (non-hydrogen) atoms. The van der Waals surface area contributed by atoms with Gasteiger partial charge in [0.1, 0.15) is 0 Å². The van der Waals surface area contributed by atoms with E-state index in [0.29, 0.717) is 0 Å². The smallest absolute Gasteiger partial charge is 0.0971 e. The molecule has 0 amide bonds. The third-order valence-corrected chi connectivity index (χ3v) is 2.55. The second-order valence-electron chi connectivity index (χ2n) is 0.840. The second-order valence-corrected chi connectivity index (χ2v) is 3.10. The van der Waals surface area contributed by atoms with Crippen LogP contribution in [0.15, 0.2) is 0 Å². The molecule has 0 aliphatic heterocycles. The van der Waals surface area contributed by atoms with Gasteiger partial charge in [0.05, 0.1) is 4.71 Å². The fourth-order valence-corrected chi connectivity index (χ4v) is 0.866. The van der Waals surface area contributed by atoms with Crippen molar-refractivity contribution in [2.75, 3.05) is 12.5 Å². The number of thioether (sulfide) groups is 2. The first-order valence-corrected chi connectivity index (χ1v) is 4.20. The van der Waals surface area contributed by atoms with Crippen molar-refractivity contribution in [3.63, 3.8) is 0 Å². The zero-order chi connectivity index (χ0) is 4.99. The Hall–Kier alpha value is 0.660. The van der Waals surface area contributed by atoms with Crippen LogP contribution >= 0.6 is 23.5 Å². The predicted molar refractivity (Wildman–Crippen MR) is 35.0 cm³/mol. The van der Waals surface area contributed by atoms with Crippen LogP contribution in [-0.4, -0.2) is 17.2 Å². The number of hydrogen-bond donors (Lipinski definition) is 1. The van der Waals surface area contributed by atoms with E-state index in [9.17, 15) is 0 Å². The summed E-state index contributed by atoms with van der Waals surface area (Å²) in [5, 5.41) is 0. The second kappa shape index (κ2) is 3.84. The van der Waals surface area contributed by atoms with Crippen molar-refractivity contribution in [1.29, 1.82) is 0 Å². The Labute approximate surface area is 47.1 Å². The summed E-state index contributed by atoms with van der Waals surface area (Å²) in [5.41, 5.74) is 5.40. The van der Waals surface area contributed by atoms with Gasteiger partial charge in [-0.2, -0.15) is 0 Å². The Balaban J connectivity index is 2.75. The highest BCUT2D eigenvalue weighted by atomic mass is 32.2. The molecule has 0 saturated carbocycles. The molecule has 3 heteroatoms. The van der Waals surface area contributed by atoms with Crippen LogP contribution in [0.3, 0.4) is 0 Å². The Morgan fingerprint density at radius 1 is 1.33 bits per heavy atom. The van der Waals surface area contributed by atoms with Crippen LogP contribution in [0.1, 0.15) is 0 Å². The number of rotatable bonds is 2. The standard InChI is InChI=1S/C3H9NS2/c1-5-3(4)6-2/h3H,4H2,1-2H3. The molecule has 0 heterocycles. The maximum Gasteiger partial charge on any atom is 0.0971 e. The van der Waals surface area contributed by atoms with Gasteiger partial charge in [-0.1, -0.05) is 0 Å². The molecule has 0 radical (unpaired) electrons. The molecular weight excluding hydrogens is 114 g/mol. The van der Waals surface area contributed by atoms with Crippen LogP contribution in [0, 0.1) is 0 Å². The summed E-state index contributed by atoms with van der Waals surface area (Å²) < 4.78 is 0.269. The van der Waals surface area contributed by atoms with E-state index in [2.05, 4.69) is 0 Å². The van der Waals surface area contributed by atoms with E-state index in [1.807, 2.05) is 12.5 Å². The Bertz CT molecular complexity index is 28.0. The van der Waals surface area contributed by atoms with E-state index >= 15 is 0 Å². The fraction of sp³-hybridized carbons (Fsp3) is 1.00. The maximum absolute atomic E-state index is 5.40. The fourth-order valence-electron chi connectivity index (χ4n) is 0.0962. The highest BCUT2D eigenvalue weighted by Crippen LogP contribution is 2.10. The predicted octanol–water partition coefficient (Wildman–Crippen LogP) is 0.955. The molecule has 0 aromatic carbocycles. The van der Waals surface area contributed by atoms with Crippen LogP contribution in [0.5, 0.6) is 0 Å². The minimum Gasteiger partial charge on any atom is -0.311 e. The quantitative estimate of drug-likeness (QED) is 0.554. The summed E-state index contributed by atoms with van der Waals surface area (Å²) in [6.07, 6.45) is 4.00. The van der Waals surface area contributed by atoms with Crippen LogP contribution in [-0.2, 0) is 0 Å². The van der Waals surface area contributed by atoms with E-state index < -0.39 is 0 Å². The van der Waals surface area contributed by atoms with Gasteiger partial charge in [-0.25, -0.2) is 0 Å². The summed E-state index contributed by atoms with van der Waals surface area (Å²) in [4.78, 5) is 0. The van der Waals surface area contributed by atoms with E-state index in [0.717, 1.165) is 0 Å². The maximum atomic E-state index is 5.40. The van der Waals surface area contributed by atoms with Gasteiger partial charge in [0, 0.05) is 0 Å². The van der Waals surface area contributed by atoms with Gasteiger partial charge in [-0.3, -0.25) is 0 Å². The van der Waals surface area contributed by atoms with E-state index in [1.54, 1.807) is 23.5 Å².